The van der Waals surface area contributed by atoms with Gasteiger partial charge in [0.2, 0.25) is 0 Å². The summed E-state index contributed by atoms with van der Waals surface area (Å²) in [5, 5.41) is 0. The molecule has 0 spiro atoms. The summed E-state index contributed by atoms with van der Waals surface area (Å²) in [5.74, 6) is -0.357. The van der Waals surface area contributed by atoms with Gasteiger partial charge >= 0.3 is 5.97 Å². The summed E-state index contributed by atoms with van der Waals surface area (Å²) in [6.45, 7) is 1.90. The van der Waals surface area contributed by atoms with Crippen LogP contribution in [-0.4, -0.2) is 20.5 Å². The van der Waals surface area contributed by atoms with Crippen molar-refractivity contribution < 1.29 is 17.9 Å². The molecule has 1 aliphatic carbocycles. The van der Waals surface area contributed by atoms with Gasteiger partial charge in [-0.15, -0.1) is 0 Å². The van der Waals surface area contributed by atoms with Crippen molar-refractivity contribution in [2.45, 2.75) is 50.0 Å². The molecule has 1 N–H and O–H groups in total. The Morgan fingerprint density at radius 3 is 2.19 bits per heavy atom. The van der Waals surface area contributed by atoms with E-state index >= 15 is 0 Å². The molecule has 0 amide bonds. The molecule has 1 saturated carbocycles. The van der Waals surface area contributed by atoms with Crippen molar-refractivity contribution in [1.29, 1.82) is 0 Å². The summed E-state index contributed by atoms with van der Waals surface area (Å²) in [5.41, 5.74) is 1.82. The third kappa shape index (κ3) is 4.64. The Bertz CT molecular complexity index is 852. The van der Waals surface area contributed by atoms with Gasteiger partial charge in [0, 0.05) is 5.69 Å². The third-order valence-electron chi connectivity index (χ3n) is 4.53. The van der Waals surface area contributed by atoms with E-state index in [1.807, 2.05) is 6.92 Å². The molecule has 0 bridgehead atoms. The lowest BCUT2D eigenvalue weighted by Crippen LogP contribution is -2.21. The van der Waals surface area contributed by atoms with Gasteiger partial charge in [0.05, 0.1) is 10.5 Å². The smallest absolute Gasteiger partial charge is 0.338 e. The van der Waals surface area contributed by atoms with Gasteiger partial charge in [-0.1, -0.05) is 24.1 Å². The minimum atomic E-state index is -3.65. The lowest BCUT2D eigenvalue weighted by molar-refractivity contribution is 0.0211. The van der Waals surface area contributed by atoms with Crippen LogP contribution in [0.2, 0.25) is 0 Å². The number of carbonyl (C=O) groups excluding carboxylic acids is 1. The van der Waals surface area contributed by atoms with Crippen LogP contribution in [0.5, 0.6) is 0 Å². The zero-order chi connectivity index (χ0) is 18.6. The molecule has 2 aromatic rings. The zero-order valence-corrected chi connectivity index (χ0v) is 15.6. The van der Waals surface area contributed by atoms with Gasteiger partial charge in [0.25, 0.3) is 10.0 Å². The quantitative estimate of drug-likeness (QED) is 0.794. The number of carbonyl (C=O) groups is 1. The number of benzene rings is 2. The Kier molecular flexibility index (Phi) is 5.61. The second kappa shape index (κ2) is 7.91. The summed E-state index contributed by atoms with van der Waals surface area (Å²) in [4.78, 5) is 12.4. The van der Waals surface area contributed by atoms with E-state index in [-0.39, 0.29) is 17.0 Å². The summed E-state index contributed by atoms with van der Waals surface area (Å²) in [7, 11) is -3.65. The molecule has 3 rings (SSSR count). The van der Waals surface area contributed by atoms with Crippen LogP contribution in [0.3, 0.4) is 0 Å². The maximum Gasteiger partial charge on any atom is 0.338 e. The molecule has 0 radical (unpaired) electrons. The molecular weight excluding hydrogens is 350 g/mol. The molecule has 1 fully saturated rings. The fraction of sp³-hybridized carbons (Fsp3) is 0.350. The number of ether oxygens (including phenoxy) is 1. The molecule has 0 atom stereocenters. The lowest BCUT2D eigenvalue weighted by Gasteiger charge is -2.21. The van der Waals surface area contributed by atoms with Gasteiger partial charge in [-0.25, -0.2) is 13.2 Å². The van der Waals surface area contributed by atoms with E-state index in [0.717, 1.165) is 31.2 Å². The molecule has 138 valence electrons. The molecule has 0 saturated heterocycles. The number of hydrogen-bond donors (Lipinski definition) is 1. The van der Waals surface area contributed by atoms with Crippen LogP contribution in [0.1, 0.15) is 48.0 Å². The van der Waals surface area contributed by atoms with Crippen LogP contribution in [0.25, 0.3) is 0 Å². The van der Waals surface area contributed by atoms with Crippen LogP contribution >= 0.6 is 0 Å². The summed E-state index contributed by atoms with van der Waals surface area (Å²) in [6, 6.07) is 12.9. The van der Waals surface area contributed by atoms with Crippen molar-refractivity contribution in [3.63, 3.8) is 0 Å². The van der Waals surface area contributed by atoms with Crippen molar-refractivity contribution in [3.8, 4) is 0 Å². The van der Waals surface area contributed by atoms with Crippen molar-refractivity contribution in [3.05, 3.63) is 59.7 Å². The predicted octanol–water partition coefficient (Wildman–Crippen LogP) is 4.29. The molecule has 0 aliphatic heterocycles. The van der Waals surface area contributed by atoms with E-state index in [4.69, 9.17) is 4.74 Å². The average molecular weight is 373 g/mol. The molecule has 2 aromatic carbocycles. The Balaban J connectivity index is 1.65. The molecule has 5 nitrogen and oxygen atoms in total. The number of hydrogen-bond acceptors (Lipinski definition) is 4. The Morgan fingerprint density at radius 2 is 1.58 bits per heavy atom. The molecule has 1 aliphatic rings. The second-order valence-corrected chi connectivity index (χ2v) is 8.34. The maximum atomic E-state index is 12.4. The lowest BCUT2D eigenvalue weighted by atomic mass is 9.98. The zero-order valence-electron chi connectivity index (χ0n) is 14.8. The van der Waals surface area contributed by atoms with Crippen molar-refractivity contribution in [2.75, 3.05) is 4.72 Å². The highest BCUT2D eigenvalue weighted by Gasteiger charge is 2.19. The van der Waals surface area contributed by atoms with E-state index in [9.17, 15) is 13.2 Å². The summed E-state index contributed by atoms with van der Waals surface area (Å²) >= 11 is 0. The number of anilines is 1. The molecular formula is C20H23NO4S. The topological polar surface area (TPSA) is 72.5 Å². The minimum Gasteiger partial charge on any atom is -0.459 e. The standard InChI is InChI=1S/C20H23NO4S/c1-15-7-13-19(14-8-15)26(23,24)21-17-11-9-16(10-12-17)20(22)25-18-5-3-2-4-6-18/h7-14,18,21H,2-6H2,1H3. The highest BCUT2D eigenvalue weighted by Crippen LogP contribution is 2.22. The SMILES string of the molecule is Cc1ccc(S(=O)(=O)Nc2ccc(C(=O)OC3CCCCC3)cc2)cc1. The number of sulfonamides is 1. The van der Waals surface area contributed by atoms with Crippen LogP contribution in [-0.2, 0) is 14.8 Å². The second-order valence-electron chi connectivity index (χ2n) is 6.66. The fourth-order valence-corrected chi connectivity index (χ4v) is 4.07. The number of esters is 1. The van der Waals surface area contributed by atoms with Gasteiger partial charge in [-0.2, -0.15) is 0 Å². The van der Waals surface area contributed by atoms with Gasteiger partial charge in [-0.05, 0) is 69.0 Å². The van der Waals surface area contributed by atoms with Crippen LogP contribution in [0.4, 0.5) is 5.69 Å². The highest BCUT2D eigenvalue weighted by molar-refractivity contribution is 7.92. The van der Waals surface area contributed by atoms with Crippen LogP contribution in [0, 0.1) is 6.92 Å². The Labute approximate surface area is 154 Å². The van der Waals surface area contributed by atoms with Crippen LogP contribution in [0.15, 0.2) is 53.4 Å². The van der Waals surface area contributed by atoms with E-state index in [1.165, 1.54) is 6.42 Å². The first-order valence-electron chi connectivity index (χ1n) is 8.84. The van der Waals surface area contributed by atoms with Gasteiger partial charge in [0.15, 0.2) is 0 Å². The normalized spacial score (nSPS) is 15.4. The fourth-order valence-electron chi connectivity index (χ4n) is 3.01. The van der Waals surface area contributed by atoms with Crippen molar-refractivity contribution in [2.24, 2.45) is 0 Å². The average Bonchev–Trinajstić information content (AvgIpc) is 2.63. The number of aryl methyl sites for hydroxylation is 1. The molecule has 0 unspecified atom stereocenters. The van der Waals surface area contributed by atoms with Gasteiger partial charge in [-0.3, -0.25) is 4.72 Å². The first-order valence-corrected chi connectivity index (χ1v) is 10.3. The van der Waals surface area contributed by atoms with Crippen molar-refractivity contribution in [1.82, 2.24) is 0 Å². The molecule has 6 heteroatoms. The summed E-state index contributed by atoms with van der Waals surface area (Å²) in [6.07, 6.45) is 5.22. The minimum absolute atomic E-state index is 0.00373. The van der Waals surface area contributed by atoms with E-state index in [2.05, 4.69) is 4.72 Å². The predicted molar refractivity (Wildman–Crippen MR) is 101 cm³/mol. The number of nitrogens with one attached hydrogen (secondary N) is 1. The molecule has 26 heavy (non-hydrogen) atoms. The van der Waals surface area contributed by atoms with Gasteiger partial charge < -0.3 is 4.74 Å². The van der Waals surface area contributed by atoms with Gasteiger partial charge in [0.1, 0.15) is 6.10 Å². The Morgan fingerprint density at radius 1 is 0.962 bits per heavy atom. The van der Waals surface area contributed by atoms with E-state index < -0.39 is 10.0 Å². The maximum absolute atomic E-state index is 12.4. The Hall–Kier alpha value is -2.34. The summed E-state index contributed by atoms with van der Waals surface area (Å²) < 4.78 is 32.8. The third-order valence-corrected chi connectivity index (χ3v) is 5.93. The van der Waals surface area contributed by atoms with E-state index in [1.54, 1.807) is 48.5 Å². The van der Waals surface area contributed by atoms with E-state index in [0.29, 0.717) is 11.3 Å². The monoisotopic (exact) mass is 373 g/mol. The van der Waals surface area contributed by atoms with Crippen molar-refractivity contribution >= 4 is 21.7 Å². The largest absolute Gasteiger partial charge is 0.459 e. The first-order chi connectivity index (χ1) is 12.4. The number of rotatable bonds is 5. The molecule has 0 heterocycles. The highest BCUT2D eigenvalue weighted by atomic mass is 32.2. The molecule has 0 aromatic heterocycles. The van der Waals surface area contributed by atoms with Crippen LogP contribution < -0.4 is 4.72 Å². The first kappa shape index (κ1) is 18.5.